The van der Waals surface area contributed by atoms with Crippen LogP contribution in [0.4, 0.5) is 5.69 Å². The summed E-state index contributed by atoms with van der Waals surface area (Å²) < 4.78 is 0.590. The van der Waals surface area contributed by atoms with E-state index in [0.29, 0.717) is 10.0 Å². The third-order valence-electron chi connectivity index (χ3n) is 3.13. The molecule has 2 amide bonds. The van der Waals surface area contributed by atoms with Crippen molar-refractivity contribution >= 4 is 39.6 Å². The molecule has 0 heterocycles. The SMILES string of the molecule is O=C(CNC(=O)c1ccccc1Br)NN=Cc1cc(O)ccc1[N+](=O)[O-]. The summed E-state index contributed by atoms with van der Waals surface area (Å²) in [6, 6.07) is 10.2. The van der Waals surface area contributed by atoms with Crippen molar-refractivity contribution in [2.24, 2.45) is 5.10 Å². The first kappa shape index (κ1) is 19.1. The van der Waals surface area contributed by atoms with Crippen molar-refractivity contribution in [1.82, 2.24) is 10.7 Å². The van der Waals surface area contributed by atoms with Crippen LogP contribution in [0.25, 0.3) is 0 Å². The summed E-state index contributed by atoms with van der Waals surface area (Å²) in [4.78, 5) is 33.9. The van der Waals surface area contributed by atoms with Crippen molar-refractivity contribution in [2.75, 3.05) is 6.54 Å². The molecule has 0 saturated heterocycles. The zero-order valence-electron chi connectivity index (χ0n) is 13.2. The molecule has 0 aliphatic heterocycles. The highest BCUT2D eigenvalue weighted by Gasteiger charge is 2.13. The number of nitro benzene ring substituents is 1. The molecule has 0 spiro atoms. The summed E-state index contributed by atoms with van der Waals surface area (Å²) in [7, 11) is 0. The predicted molar refractivity (Wildman–Crippen MR) is 97.0 cm³/mol. The van der Waals surface area contributed by atoms with Gasteiger partial charge in [-0.25, -0.2) is 5.43 Å². The van der Waals surface area contributed by atoms with E-state index < -0.39 is 16.7 Å². The number of halogens is 1. The van der Waals surface area contributed by atoms with Crippen LogP contribution in [-0.2, 0) is 4.79 Å². The molecule has 2 aromatic carbocycles. The van der Waals surface area contributed by atoms with Gasteiger partial charge < -0.3 is 10.4 Å². The number of amides is 2. The van der Waals surface area contributed by atoms with E-state index in [1.54, 1.807) is 24.3 Å². The second-order valence-corrected chi connectivity index (χ2v) is 5.81. The quantitative estimate of drug-likeness (QED) is 0.372. The molecule has 0 fully saturated rings. The monoisotopic (exact) mass is 420 g/mol. The van der Waals surface area contributed by atoms with Gasteiger partial charge in [-0.15, -0.1) is 0 Å². The maximum atomic E-state index is 12.0. The van der Waals surface area contributed by atoms with E-state index in [9.17, 15) is 24.8 Å². The number of carbonyl (C=O) groups is 2. The Labute approximate surface area is 156 Å². The predicted octanol–water partition coefficient (Wildman–Crippen LogP) is 1.94. The zero-order valence-corrected chi connectivity index (χ0v) is 14.8. The van der Waals surface area contributed by atoms with Gasteiger partial charge in [-0.2, -0.15) is 5.10 Å². The zero-order chi connectivity index (χ0) is 19.1. The van der Waals surface area contributed by atoms with Crippen LogP contribution in [0.15, 0.2) is 52.0 Å². The molecule has 134 valence electrons. The fraction of sp³-hybridized carbons (Fsp3) is 0.0625. The van der Waals surface area contributed by atoms with Crippen LogP contribution in [0.2, 0.25) is 0 Å². The van der Waals surface area contributed by atoms with Gasteiger partial charge in [0.1, 0.15) is 5.75 Å². The molecule has 2 aromatic rings. The summed E-state index contributed by atoms with van der Waals surface area (Å²) in [5, 5.41) is 26.3. The van der Waals surface area contributed by atoms with Gasteiger partial charge in [-0.05, 0) is 40.2 Å². The fourth-order valence-corrected chi connectivity index (χ4v) is 2.39. The molecule has 0 bridgehead atoms. The normalized spacial score (nSPS) is 10.5. The molecular weight excluding hydrogens is 408 g/mol. The third kappa shape index (κ3) is 5.11. The molecule has 26 heavy (non-hydrogen) atoms. The van der Waals surface area contributed by atoms with Crippen LogP contribution in [0, 0.1) is 10.1 Å². The first-order chi connectivity index (χ1) is 12.4. The minimum absolute atomic E-state index is 0.0209. The Morgan fingerprint density at radius 2 is 2.00 bits per heavy atom. The van der Waals surface area contributed by atoms with Crippen molar-refractivity contribution in [3.8, 4) is 5.75 Å². The summed E-state index contributed by atoms with van der Waals surface area (Å²) in [6.07, 6.45) is 1.03. The van der Waals surface area contributed by atoms with Gasteiger partial charge in [0.15, 0.2) is 0 Å². The number of phenols is 1. The number of phenolic OH excluding ortho intramolecular Hbond substituents is 1. The summed E-state index contributed by atoms with van der Waals surface area (Å²) in [5.74, 6) is -1.24. The Morgan fingerprint density at radius 3 is 2.69 bits per heavy atom. The largest absolute Gasteiger partial charge is 0.508 e. The van der Waals surface area contributed by atoms with Gasteiger partial charge >= 0.3 is 0 Å². The summed E-state index contributed by atoms with van der Waals surface area (Å²) in [6.45, 7) is -0.334. The van der Waals surface area contributed by atoms with Crippen molar-refractivity contribution in [3.05, 3.63) is 68.2 Å². The standard InChI is InChI=1S/C16H13BrN4O5/c17-13-4-2-1-3-12(13)16(24)18-9-15(23)20-19-8-10-7-11(22)5-6-14(10)21(25)26/h1-8,22H,9H2,(H,18,24)(H,20,23). The number of hydrogen-bond donors (Lipinski definition) is 3. The smallest absolute Gasteiger partial charge is 0.278 e. The molecule has 0 radical (unpaired) electrons. The first-order valence-electron chi connectivity index (χ1n) is 7.20. The van der Waals surface area contributed by atoms with Gasteiger partial charge in [0, 0.05) is 10.5 Å². The number of hydrogen-bond acceptors (Lipinski definition) is 6. The second kappa shape index (κ2) is 8.72. The highest BCUT2D eigenvalue weighted by Crippen LogP contribution is 2.21. The Balaban J connectivity index is 1.92. The molecule has 0 aliphatic carbocycles. The van der Waals surface area contributed by atoms with E-state index >= 15 is 0 Å². The summed E-state index contributed by atoms with van der Waals surface area (Å²) in [5.41, 5.74) is 2.26. The lowest BCUT2D eigenvalue weighted by Gasteiger charge is -2.05. The van der Waals surface area contributed by atoms with Crippen LogP contribution in [0.5, 0.6) is 5.75 Å². The summed E-state index contributed by atoms with van der Waals surface area (Å²) >= 11 is 3.24. The number of nitrogens with one attached hydrogen (secondary N) is 2. The average Bonchev–Trinajstić information content (AvgIpc) is 2.60. The highest BCUT2D eigenvalue weighted by molar-refractivity contribution is 9.10. The number of carbonyl (C=O) groups excluding carboxylic acids is 2. The Hall–Kier alpha value is -3.27. The lowest BCUT2D eigenvalue weighted by Crippen LogP contribution is -2.35. The molecule has 2 rings (SSSR count). The lowest BCUT2D eigenvalue weighted by atomic mass is 10.2. The lowest BCUT2D eigenvalue weighted by molar-refractivity contribution is -0.385. The number of aromatic hydroxyl groups is 1. The number of hydrazone groups is 1. The second-order valence-electron chi connectivity index (χ2n) is 4.96. The third-order valence-corrected chi connectivity index (χ3v) is 3.82. The Kier molecular flexibility index (Phi) is 6.39. The van der Waals surface area contributed by atoms with Crippen molar-refractivity contribution in [2.45, 2.75) is 0 Å². The minimum Gasteiger partial charge on any atom is -0.508 e. The molecule has 9 nitrogen and oxygen atoms in total. The molecule has 0 aliphatic rings. The van der Waals surface area contributed by atoms with E-state index in [2.05, 4.69) is 31.8 Å². The minimum atomic E-state index is -0.638. The Morgan fingerprint density at radius 1 is 1.27 bits per heavy atom. The maximum Gasteiger partial charge on any atom is 0.278 e. The van der Waals surface area contributed by atoms with Gasteiger partial charge in [0.05, 0.1) is 28.8 Å². The number of rotatable bonds is 6. The van der Waals surface area contributed by atoms with Crippen LogP contribution in [0.1, 0.15) is 15.9 Å². The van der Waals surface area contributed by atoms with Gasteiger partial charge in [-0.3, -0.25) is 19.7 Å². The average molecular weight is 421 g/mol. The molecule has 0 aromatic heterocycles. The van der Waals surface area contributed by atoms with Gasteiger partial charge in [0.25, 0.3) is 17.5 Å². The van der Waals surface area contributed by atoms with Crippen molar-refractivity contribution < 1.29 is 19.6 Å². The van der Waals surface area contributed by atoms with Crippen LogP contribution >= 0.6 is 15.9 Å². The number of nitrogens with zero attached hydrogens (tertiary/aromatic N) is 2. The van der Waals surface area contributed by atoms with Gasteiger partial charge in [-0.1, -0.05) is 12.1 Å². The van der Waals surface area contributed by atoms with E-state index in [4.69, 9.17) is 0 Å². The maximum absolute atomic E-state index is 12.0. The van der Waals surface area contributed by atoms with Gasteiger partial charge in [0.2, 0.25) is 0 Å². The van der Waals surface area contributed by atoms with E-state index in [1.165, 1.54) is 6.07 Å². The topological polar surface area (TPSA) is 134 Å². The van der Waals surface area contributed by atoms with Crippen molar-refractivity contribution in [3.63, 3.8) is 0 Å². The molecule has 3 N–H and O–H groups in total. The number of benzene rings is 2. The van der Waals surface area contributed by atoms with Crippen LogP contribution in [-0.4, -0.2) is 34.6 Å². The molecule has 0 saturated carbocycles. The molecule has 0 unspecified atom stereocenters. The highest BCUT2D eigenvalue weighted by atomic mass is 79.9. The molecule has 10 heteroatoms. The van der Waals surface area contributed by atoms with E-state index in [1.807, 2.05) is 0 Å². The Bertz CT molecular complexity index is 885. The molecular formula is C16H13BrN4O5. The van der Waals surface area contributed by atoms with E-state index in [-0.39, 0.29) is 23.5 Å². The van der Waals surface area contributed by atoms with E-state index in [0.717, 1.165) is 18.3 Å². The first-order valence-corrected chi connectivity index (χ1v) is 8.00. The molecule has 0 atom stereocenters. The van der Waals surface area contributed by atoms with Crippen LogP contribution in [0.3, 0.4) is 0 Å². The van der Waals surface area contributed by atoms with Crippen LogP contribution < -0.4 is 10.7 Å². The van der Waals surface area contributed by atoms with Crippen molar-refractivity contribution in [1.29, 1.82) is 0 Å². The fourth-order valence-electron chi connectivity index (χ4n) is 1.93. The number of nitro groups is 1.